The van der Waals surface area contributed by atoms with Crippen LogP contribution in [0, 0.1) is 11.8 Å². The number of Topliss-reactive ketones (excluding diaryl/α,β-unsaturated/α-hetero) is 1. The third-order valence-corrected chi connectivity index (χ3v) is 6.68. The Kier molecular flexibility index (Phi) is 5.24. The number of hydrogen-bond donors (Lipinski definition) is 0. The van der Waals surface area contributed by atoms with E-state index in [0.717, 1.165) is 34.9 Å². The highest BCUT2D eigenvalue weighted by Gasteiger charge is 2.32. The van der Waals surface area contributed by atoms with E-state index in [2.05, 4.69) is 4.90 Å². The van der Waals surface area contributed by atoms with Gasteiger partial charge in [-0.2, -0.15) is 13.2 Å². The zero-order chi connectivity index (χ0) is 22.5. The number of fused-ring (bicyclic) bond motifs is 1. The summed E-state index contributed by atoms with van der Waals surface area (Å²) in [7, 11) is 0. The molecule has 2 aliphatic rings. The molecule has 0 N–H and O–H groups in total. The Morgan fingerprint density at radius 1 is 1.12 bits per heavy atom. The lowest BCUT2D eigenvalue weighted by Crippen LogP contribution is -2.49. The van der Waals surface area contributed by atoms with Gasteiger partial charge in [0.1, 0.15) is 5.78 Å². The van der Waals surface area contributed by atoms with Crippen molar-refractivity contribution < 1.29 is 22.7 Å². The zero-order valence-corrected chi connectivity index (χ0v) is 17.9. The fourth-order valence-electron chi connectivity index (χ4n) is 4.69. The molecule has 0 spiro atoms. The van der Waals surface area contributed by atoms with Crippen LogP contribution < -0.4 is 4.90 Å². The number of benzene rings is 2. The second kappa shape index (κ2) is 7.96. The first-order valence-electron chi connectivity index (χ1n) is 10.9. The fraction of sp³-hybridized carbons (Fsp3) is 0.400. The number of aromatic nitrogens is 1. The molecular formula is C25H25F3N2O2. The van der Waals surface area contributed by atoms with Crippen molar-refractivity contribution in [3.05, 3.63) is 59.8 Å². The van der Waals surface area contributed by atoms with Crippen LogP contribution in [0.15, 0.2) is 48.7 Å². The van der Waals surface area contributed by atoms with E-state index < -0.39 is 11.7 Å². The zero-order valence-electron chi connectivity index (χ0n) is 17.9. The topological polar surface area (TPSA) is 34.5 Å². The molecule has 1 aromatic heterocycles. The van der Waals surface area contributed by atoms with Crippen molar-refractivity contribution in [2.45, 2.75) is 25.9 Å². The number of anilines is 1. The number of alkyl halides is 3. The highest BCUT2D eigenvalue weighted by atomic mass is 19.4. The largest absolute Gasteiger partial charge is 0.416 e. The first kappa shape index (κ1) is 21.1. The van der Waals surface area contributed by atoms with Crippen LogP contribution in [0.25, 0.3) is 16.6 Å². The molecule has 4 nitrogen and oxygen atoms in total. The minimum atomic E-state index is -4.38. The quantitative estimate of drug-likeness (QED) is 0.541. The van der Waals surface area contributed by atoms with Crippen molar-refractivity contribution in [2.75, 3.05) is 31.2 Å². The average molecular weight is 442 g/mol. The molecule has 5 rings (SSSR count). The summed E-state index contributed by atoms with van der Waals surface area (Å²) in [6.07, 6.45) is -0.796. The molecule has 168 valence electrons. The van der Waals surface area contributed by atoms with Gasteiger partial charge in [-0.25, -0.2) is 0 Å². The third kappa shape index (κ3) is 3.90. The smallest absolute Gasteiger partial charge is 0.381 e. The monoisotopic (exact) mass is 442 g/mol. The SMILES string of the molecule is CC(=O)C1CN(c2cccc(-n3cc(CC4CCOC4)c4cc(C(F)(F)F)ccc43)c2)C1. The average Bonchev–Trinajstić information content (AvgIpc) is 3.34. The second-order valence-corrected chi connectivity index (χ2v) is 8.92. The Bertz CT molecular complexity index is 1160. The number of ether oxygens (including phenoxy) is 1. The Labute approximate surface area is 184 Å². The molecule has 2 aliphatic heterocycles. The van der Waals surface area contributed by atoms with Crippen molar-refractivity contribution in [2.24, 2.45) is 11.8 Å². The highest BCUT2D eigenvalue weighted by Crippen LogP contribution is 2.36. The molecule has 3 heterocycles. The van der Waals surface area contributed by atoms with Crippen LogP contribution >= 0.6 is 0 Å². The number of halogens is 3. The summed E-state index contributed by atoms with van der Waals surface area (Å²) >= 11 is 0. The lowest BCUT2D eigenvalue weighted by molar-refractivity contribution is -0.137. The van der Waals surface area contributed by atoms with Gasteiger partial charge in [-0.15, -0.1) is 0 Å². The van der Waals surface area contributed by atoms with Gasteiger partial charge >= 0.3 is 6.18 Å². The van der Waals surface area contributed by atoms with E-state index >= 15 is 0 Å². The minimum Gasteiger partial charge on any atom is -0.381 e. The summed E-state index contributed by atoms with van der Waals surface area (Å²) in [4.78, 5) is 13.7. The van der Waals surface area contributed by atoms with Gasteiger partial charge in [0.2, 0.25) is 0 Å². The molecule has 3 aromatic rings. The highest BCUT2D eigenvalue weighted by molar-refractivity contribution is 5.87. The van der Waals surface area contributed by atoms with Gasteiger partial charge in [0.25, 0.3) is 0 Å². The van der Waals surface area contributed by atoms with Gasteiger partial charge in [0.15, 0.2) is 0 Å². The Morgan fingerprint density at radius 3 is 2.59 bits per heavy atom. The van der Waals surface area contributed by atoms with E-state index in [9.17, 15) is 18.0 Å². The van der Waals surface area contributed by atoms with Crippen LogP contribution in [0.4, 0.5) is 18.9 Å². The van der Waals surface area contributed by atoms with Crippen molar-refractivity contribution in [1.29, 1.82) is 0 Å². The maximum absolute atomic E-state index is 13.4. The second-order valence-electron chi connectivity index (χ2n) is 8.92. The van der Waals surface area contributed by atoms with Crippen molar-refractivity contribution >= 4 is 22.4 Å². The van der Waals surface area contributed by atoms with Crippen molar-refractivity contribution in [3.8, 4) is 5.69 Å². The summed E-state index contributed by atoms with van der Waals surface area (Å²) in [6, 6.07) is 11.9. The molecule has 2 fully saturated rings. The van der Waals surface area contributed by atoms with Crippen LogP contribution in [0.3, 0.4) is 0 Å². The molecule has 1 unspecified atom stereocenters. The number of carbonyl (C=O) groups excluding carboxylic acids is 1. The number of rotatable bonds is 5. The Hall–Kier alpha value is -2.80. The third-order valence-electron chi connectivity index (χ3n) is 6.68. The molecule has 32 heavy (non-hydrogen) atoms. The van der Waals surface area contributed by atoms with E-state index in [1.807, 2.05) is 35.0 Å². The van der Waals surface area contributed by atoms with Gasteiger partial charge in [-0.05, 0) is 67.6 Å². The van der Waals surface area contributed by atoms with Gasteiger partial charge in [0.05, 0.1) is 17.0 Å². The van der Waals surface area contributed by atoms with Gasteiger partial charge in [-0.3, -0.25) is 4.79 Å². The maximum Gasteiger partial charge on any atom is 0.416 e. The van der Waals surface area contributed by atoms with Crippen LogP contribution in [0.5, 0.6) is 0 Å². The number of carbonyl (C=O) groups is 1. The van der Waals surface area contributed by atoms with Crippen LogP contribution in [-0.4, -0.2) is 36.7 Å². The summed E-state index contributed by atoms with van der Waals surface area (Å²) in [5.41, 5.74) is 2.95. The fourth-order valence-corrected chi connectivity index (χ4v) is 4.69. The molecular weight excluding hydrogens is 417 g/mol. The molecule has 0 saturated carbocycles. The van der Waals surface area contributed by atoms with Gasteiger partial charge < -0.3 is 14.2 Å². The van der Waals surface area contributed by atoms with E-state index in [1.54, 1.807) is 13.0 Å². The normalized spacial score (nSPS) is 19.5. The van der Waals surface area contributed by atoms with E-state index in [4.69, 9.17) is 4.74 Å². The van der Waals surface area contributed by atoms with E-state index in [1.165, 1.54) is 6.07 Å². The van der Waals surface area contributed by atoms with Crippen molar-refractivity contribution in [3.63, 3.8) is 0 Å². The van der Waals surface area contributed by atoms with Gasteiger partial charge in [0, 0.05) is 49.3 Å². The van der Waals surface area contributed by atoms with E-state index in [0.29, 0.717) is 44.0 Å². The van der Waals surface area contributed by atoms with Crippen molar-refractivity contribution in [1.82, 2.24) is 4.57 Å². The molecule has 7 heteroatoms. The van der Waals surface area contributed by atoms with E-state index in [-0.39, 0.29) is 11.7 Å². The standard InChI is InChI=1S/C25H25F3N2O2/c1-16(31)19-12-29(13-19)21-3-2-4-22(11-21)30-14-18(9-17-7-8-32-15-17)23-10-20(25(26,27)28)5-6-24(23)30/h2-6,10-11,14,17,19H,7-9,12-13,15H2,1H3. The molecule has 0 aliphatic carbocycles. The maximum atomic E-state index is 13.4. The van der Waals surface area contributed by atoms with Gasteiger partial charge in [-0.1, -0.05) is 6.07 Å². The van der Waals surface area contributed by atoms with Crippen LogP contribution in [-0.2, 0) is 22.1 Å². The lowest BCUT2D eigenvalue weighted by Gasteiger charge is -2.39. The first-order chi connectivity index (χ1) is 15.3. The van der Waals surface area contributed by atoms with Crippen LogP contribution in [0.1, 0.15) is 24.5 Å². The number of hydrogen-bond acceptors (Lipinski definition) is 3. The summed E-state index contributed by atoms with van der Waals surface area (Å²) in [5.74, 6) is 0.599. The predicted octanol–water partition coefficient (Wildman–Crippen LogP) is 5.25. The van der Waals surface area contributed by atoms with Crippen LogP contribution in [0.2, 0.25) is 0 Å². The molecule has 1 atom stereocenters. The summed E-state index contributed by atoms with van der Waals surface area (Å²) in [5, 5.41) is 0.637. The molecule has 0 amide bonds. The Morgan fingerprint density at radius 2 is 1.91 bits per heavy atom. The number of nitrogens with zero attached hydrogens (tertiary/aromatic N) is 2. The minimum absolute atomic E-state index is 0.0760. The molecule has 2 aromatic carbocycles. The predicted molar refractivity (Wildman–Crippen MR) is 117 cm³/mol. The Balaban J connectivity index is 1.53. The molecule has 2 saturated heterocycles. The first-order valence-corrected chi connectivity index (χ1v) is 10.9. The summed E-state index contributed by atoms with van der Waals surface area (Å²) < 4.78 is 47.7. The lowest BCUT2D eigenvalue weighted by atomic mass is 9.95. The molecule has 0 bridgehead atoms. The summed E-state index contributed by atoms with van der Waals surface area (Å²) in [6.45, 7) is 4.38. The number of ketones is 1. The molecule has 0 radical (unpaired) electrons.